The van der Waals surface area contributed by atoms with E-state index in [9.17, 15) is 4.79 Å². The van der Waals surface area contributed by atoms with Crippen LogP contribution >= 0.6 is 11.3 Å². The molecule has 2 rings (SSSR count). The van der Waals surface area contributed by atoms with Crippen molar-refractivity contribution in [2.75, 3.05) is 13.1 Å². The highest BCUT2D eigenvalue weighted by Gasteiger charge is 2.17. The third-order valence-electron chi connectivity index (χ3n) is 2.74. The van der Waals surface area contributed by atoms with Crippen molar-refractivity contribution < 1.29 is 4.79 Å². The Bertz CT molecular complexity index is 570. The normalized spacial score (nSPS) is 11.4. The zero-order valence-corrected chi connectivity index (χ0v) is 11.7. The van der Waals surface area contributed by atoms with Gasteiger partial charge in [0.15, 0.2) is 0 Å². The van der Waals surface area contributed by atoms with Gasteiger partial charge in [-0.2, -0.15) is 5.10 Å². The second-order valence-corrected chi connectivity index (χ2v) is 5.57. The fourth-order valence-corrected chi connectivity index (χ4v) is 2.87. The lowest BCUT2D eigenvalue weighted by molar-refractivity contribution is 0.0959. The third-order valence-corrected chi connectivity index (χ3v) is 3.94. The predicted octanol–water partition coefficient (Wildman–Crippen LogP) is 1.45. The van der Waals surface area contributed by atoms with Gasteiger partial charge in [-0.3, -0.25) is 9.48 Å². The minimum atomic E-state index is -0.0589. The monoisotopic (exact) mass is 266 g/mol. The smallest absolute Gasteiger partial charge is 0.261 e. The SMILES string of the molecule is CC(C)c1nn(C)c2sc(C(=O)NCCN)cc12. The van der Waals surface area contributed by atoms with Gasteiger partial charge in [-0.15, -0.1) is 11.3 Å². The first-order valence-electron chi connectivity index (χ1n) is 5.99. The second-order valence-electron chi connectivity index (χ2n) is 4.54. The fraction of sp³-hybridized carbons (Fsp3) is 0.500. The number of nitrogens with one attached hydrogen (secondary N) is 1. The van der Waals surface area contributed by atoms with Gasteiger partial charge in [0.1, 0.15) is 4.83 Å². The maximum atomic E-state index is 11.9. The number of carbonyl (C=O) groups excluding carboxylic acids is 1. The molecular formula is C12H18N4OS. The lowest BCUT2D eigenvalue weighted by atomic mass is 10.1. The van der Waals surface area contributed by atoms with Gasteiger partial charge in [0.2, 0.25) is 0 Å². The van der Waals surface area contributed by atoms with Crippen LogP contribution in [0.1, 0.15) is 35.1 Å². The molecule has 18 heavy (non-hydrogen) atoms. The van der Waals surface area contributed by atoms with E-state index in [-0.39, 0.29) is 5.91 Å². The maximum absolute atomic E-state index is 11.9. The average Bonchev–Trinajstić information content (AvgIpc) is 2.87. The quantitative estimate of drug-likeness (QED) is 0.879. The lowest BCUT2D eigenvalue weighted by Crippen LogP contribution is -2.28. The molecule has 1 amide bonds. The van der Waals surface area contributed by atoms with Crippen molar-refractivity contribution in [3.8, 4) is 0 Å². The highest BCUT2D eigenvalue weighted by molar-refractivity contribution is 7.20. The number of thiophene rings is 1. The average molecular weight is 266 g/mol. The van der Waals surface area contributed by atoms with Crippen LogP contribution in [0.2, 0.25) is 0 Å². The minimum absolute atomic E-state index is 0.0589. The van der Waals surface area contributed by atoms with Crippen molar-refractivity contribution in [2.45, 2.75) is 19.8 Å². The van der Waals surface area contributed by atoms with E-state index >= 15 is 0 Å². The number of nitrogens with zero attached hydrogens (tertiary/aromatic N) is 2. The van der Waals surface area contributed by atoms with Crippen LogP contribution in [0.25, 0.3) is 10.2 Å². The molecule has 0 saturated heterocycles. The first kappa shape index (κ1) is 13.0. The van der Waals surface area contributed by atoms with Crippen LogP contribution in [0.5, 0.6) is 0 Å². The molecule has 0 spiro atoms. The van der Waals surface area contributed by atoms with Gasteiger partial charge in [0, 0.05) is 25.5 Å². The molecule has 0 aliphatic carbocycles. The van der Waals surface area contributed by atoms with Crippen LogP contribution in [0.4, 0.5) is 0 Å². The number of carbonyl (C=O) groups is 1. The van der Waals surface area contributed by atoms with E-state index in [2.05, 4.69) is 24.3 Å². The molecule has 0 aliphatic heterocycles. The number of nitrogens with two attached hydrogens (primary N) is 1. The first-order chi connectivity index (χ1) is 8.54. The van der Waals surface area contributed by atoms with E-state index in [4.69, 9.17) is 5.73 Å². The van der Waals surface area contributed by atoms with Crippen molar-refractivity contribution in [2.24, 2.45) is 12.8 Å². The van der Waals surface area contributed by atoms with Gasteiger partial charge >= 0.3 is 0 Å². The summed E-state index contributed by atoms with van der Waals surface area (Å²) in [6.07, 6.45) is 0. The Morgan fingerprint density at radius 2 is 2.33 bits per heavy atom. The van der Waals surface area contributed by atoms with Gasteiger partial charge in [-0.25, -0.2) is 0 Å². The number of hydrogen-bond acceptors (Lipinski definition) is 4. The molecule has 0 saturated carbocycles. The second kappa shape index (κ2) is 5.07. The van der Waals surface area contributed by atoms with Crippen molar-refractivity contribution >= 4 is 27.5 Å². The summed E-state index contributed by atoms with van der Waals surface area (Å²) in [6, 6.07) is 1.92. The van der Waals surface area contributed by atoms with E-state index in [1.165, 1.54) is 11.3 Å². The molecule has 2 aromatic rings. The Morgan fingerprint density at radius 3 is 2.94 bits per heavy atom. The standard InChI is InChI=1S/C12H18N4OS/c1-7(2)10-8-6-9(11(17)14-5-4-13)18-12(8)16(3)15-10/h6-7H,4-5,13H2,1-3H3,(H,14,17). The molecule has 0 aromatic carbocycles. The zero-order chi connectivity index (χ0) is 13.3. The minimum Gasteiger partial charge on any atom is -0.350 e. The molecule has 0 fully saturated rings. The van der Waals surface area contributed by atoms with Crippen molar-refractivity contribution in [3.05, 3.63) is 16.6 Å². The Labute approximate surface area is 110 Å². The Morgan fingerprint density at radius 1 is 1.61 bits per heavy atom. The number of hydrogen-bond donors (Lipinski definition) is 2. The molecule has 98 valence electrons. The molecule has 0 radical (unpaired) electrons. The summed E-state index contributed by atoms with van der Waals surface area (Å²) < 4.78 is 1.84. The van der Waals surface area contributed by atoms with Gasteiger partial charge in [0.05, 0.1) is 10.6 Å². The lowest BCUT2D eigenvalue weighted by Gasteiger charge is -2.00. The summed E-state index contributed by atoms with van der Waals surface area (Å²) in [7, 11) is 1.91. The predicted molar refractivity (Wildman–Crippen MR) is 74.1 cm³/mol. The molecular weight excluding hydrogens is 248 g/mol. The van der Waals surface area contributed by atoms with Crippen LogP contribution in [-0.4, -0.2) is 28.8 Å². The number of aryl methyl sites for hydroxylation is 1. The molecule has 0 atom stereocenters. The van der Waals surface area contributed by atoms with Gasteiger partial charge in [-0.05, 0) is 12.0 Å². The maximum Gasteiger partial charge on any atom is 0.261 e. The molecule has 0 aliphatic rings. The first-order valence-corrected chi connectivity index (χ1v) is 6.81. The highest BCUT2D eigenvalue weighted by Crippen LogP contribution is 2.31. The van der Waals surface area contributed by atoms with Crippen LogP contribution in [-0.2, 0) is 7.05 Å². The molecule has 0 bridgehead atoms. The van der Waals surface area contributed by atoms with Gasteiger partial charge in [0.25, 0.3) is 5.91 Å². The van der Waals surface area contributed by atoms with E-state index in [0.29, 0.717) is 23.9 Å². The van der Waals surface area contributed by atoms with Crippen molar-refractivity contribution in [1.82, 2.24) is 15.1 Å². The summed E-state index contributed by atoms with van der Waals surface area (Å²) in [5, 5.41) is 8.35. The number of fused-ring (bicyclic) bond motifs is 1. The molecule has 5 nitrogen and oxygen atoms in total. The molecule has 6 heteroatoms. The van der Waals surface area contributed by atoms with Crippen LogP contribution < -0.4 is 11.1 Å². The van der Waals surface area contributed by atoms with E-state index in [1.807, 2.05) is 17.8 Å². The van der Waals surface area contributed by atoms with Crippen molar-refractivity contribution in [3.63, 3.8) is 0 Å². The number of aromatic nitrogens is 2. The van der Waals surface area contributed by atoms with Crippen LogP contribution in [0, 0.1) is 0 Å². The van der Waals surface area contributed by atoms with E-state index in [1.54, 1.807) is 0 Å². The summed E-state index contributed by atoms with van der Waals surface area (Å²) in [5.74, 6) is 0.291. The number of amides is 1. The van der Waals surface area contributed by atoms with E-state index in [0.717, 1.165) is 15.9 Å². The summed E-state index contributed by atoms with van der Waals surface area (Å²) in [4.78, 5) is 13.6. The van der Waals surface area contributed by atoms with Crippen LogP contribution in [0.3, 0.4) is 0 Å². The Hall–Kier alpha value is -1.40. The molecule has 0 unspecified atom stereocenters. The Kier molecular flexibility index (Phi) is 3.68. The summed E-state index contributed by atoms with van der Waals surface area (Å²) >= 11 is 1.47. The highest BCUT2D eigenvalue weighted by atomic mass is 32.1. The summed E-state index contributed by atoms with van der Waals surface area (Å²) in [6.45, 7) is 5.17. The molecule has 2 heterocycles. The number of rotatable bonds is 4. The van der Waals surface area contributed by atoms with E-state index < -0.39 is 0 Å². The largest absolute Gasteiger partial charge is 0.350 e. The van der Waals surface area contributed by atoms with Crippen molar-refractivity contribution in [1.29, 1.82) is 0 Å². The molecule has 2 aromatic heterocycles. The van der Waals surface area contributed by atoms with Gasteiger partial charge < -0.3 is 11.1 Å². The molecule has 3 N–H and O–H groups in total. The Balaban J connectivity index is 2.38. The summed E-state index contributed by atoms with van der Waals surface area (Å²) in [5.41, 5.74) is 6.42. The van der Waals surface area contributed by atoms with Crippen LogP contribution in [0.15, 0.2) is 6.07 Å². The zero-order valence-electron chi connectivity index (χ0n) is 10.9. The third kappa shape index (κ3) is 2.26. The topological polar surface area (TPSA) is 72.9 Å². The fourth-order valence-electron chi connectivity index (χ4n) is 1.88. The van der Waals surface area contributed by atoms with Gasteiger partial charge in [-0.1, -0.05) is 13.8 Å².